The summed E-state index contributed by atoms with van der Waals surface area (Å²) in [6.45, 7) is 4.94. The Bertz CT molecular complexity index is 758. The van der Waals surface area contributed by atoms with Gasteiger partial charge in [-0.15, -0.1) is 0 Å². The summed E-state index contributed by atoms with van der Waals surface area (Å²) in [5.41, 5.74) is 2.18. The monoisotopic (exact) mass is 387 g/mol. The molecule has 0 saturated carbocycles. The second-order valence-corrected chi connectivity index (χ2v) is 7.39. The molecule has 2 aromatic carbocycles. The van der Waals surface area contributed by atoms with Gasteiger partial charge in [0.25, 0.3) is 0 Å². The Morgan fingerprint density at radius 3 is 2.44 bits per heavy atom. The fourth-order valence-electron chi connectivity index (χ4n) is 3.28. The van der Waals surface area contributed by atoms with Gasteiger partial charge in [0.1, 0.15) is 5.75 Å². The molecule has 0 aromatic heterocycles. The van der Waals surface area contributed by atoms with Gasteiger partial charge in [0.2, 0.25) is 0 Å². The van der Waals surface area contributed by atoms with Crippen molar-refractivity contribution in [3.05, 3.63) is 59.1 Å². The maximum atomic E-state index is 12.5. The van der Waals surface area contributed by atoms with Gasteiger partial charge < -0.3 is 20.2 Å². The molecule has 2 aromatic rings. The fourth-order valence-corrected chi connectivity index (χ4v) is 3.53. The van der Waals surface area contributed by atoms with Crippen molar-refractivity contribution in [1.82, 2.24) is 10.2 Å². The Kier molecular flexibility index (Phi) is 6.45. The zero-order valence-electron chi connectivity index (χ0n) is 15.6. The number of phenols is 1. The number of aryl methyl sites for hydroxylation is 1. The van der Waals surface area contributed by atoms with E-state index in [1.165, 1.54) is 0 Å². The second kappa shape index (κ2) is 9.00. The second-order valence-electron chi connectivity index (χ2n) is 6.98. The van der Waals surface area contributed by atoms with Crippen LogP contribution < -0.4 is 10.2 Å². The first-order chi connectivity index (χ1) is 13.0. The van der Waals surface area contributed by atoms with E-state index in [2.05, 4.69) is 10.2 Å². The van der Waals surface area contributed by atoms with Gasteiger partial charge in [0.15, 0.2) is 0 Å². The highest BCUT2D eigenvalue weighted by molar-refractivity contribution is 6.33. The molecule has 1 heterocycles. The van der Waals surface area contributed by atoms with Gasteiger partial charge in [-0.1, -0.05) is 35.9 Å². The third kappa shape index (κ3) is 5.30. The Balaban J connectivity index is 1.43. The van der Waals surface area contributed by atoms with E-state index in [0.717, 1.165) is 42.2 Å². The Labute approximate surface area is 165 Å². The largest absolute Gasteiger partial charge is 0.508 e. The van der Waals surface area contributed by atoms with E-state index in [1.807, 2.05) is 48.2 Å². The molecule has 5 nitrogen and oxygen atoms in total. The van der Waals surface area contributed by atoms with Crippen LogP contribution in [0.15, 0.2) is 48.5 Å². The maximum absolute atomic E-state index is 12.5. The van der Waals surface area contributed by atoms with Crippen molar-refractivity contribution in [3.63, 3.8) is 0 Å². The van der Waals surface area contributed by atoms with Gasteiger partial charge in [-0.25, -0.2) is 4.79 Å². The topological polar surface area (TPSA) is 55.8 Å². The summed E-state index contributed by atoms with van der Waals surface area (Å²) in [5, 5.41) is 13.2. The molecule has 2 N–H and O–H groups in total. The molecule has 27 heavy (non-hydrogen) atoms. The Morgan fingerprint density at radius 2 is 1.78 bits per heavy atom. The first-order valence-corrected chi connectivity index (χ1v) is 9.73. The van der Waals surface area contributed by atoms with E-state index in [1.54, 1.807) is 12.1 Å². The number of carbonyl (C=O) groups is 1. The number of para-hydroxylation sites is 1. The van der Waals surface area contributed by atoms with Crippen molar-refractivity contribution in [2.45, 2.75) is 25.8 Å². The van der Waals surface area contributed by atoms with E-state index in [4.69, 9.17) is 11.6 Å². The predicted octanol–water partition coefficient (Wildman–Crippen LogP) is 3.90. The number of hydrogen-bond donors (Lipinski definition) is 2. The number of halogens is 1. The number of hydrogen-bond acceptors (Lipinski definition) is 3. The number of carbonyl (C=O) groups excluding carboxylic acids is 1. The molecular weight excluding hydrogens is 362 g/mol. The molecule has 1 aliphatic heterocycles. The first-order valence-electron chi connectivity index (χ1n) is 9.36. The molecule has 1 saturated heterocycles. The molecule has 2 amide bonds. The lowest BCUT2D eigenvalue weighted by Crippen LogP contribution is -2.53. The number of amides is 2. The highest BCUT2D eigenvalue weighted by Crippen LogP contribution is 2.26. The van der Waals surface area contributed by atoms with E-state index in [9.17, 15) is 9.90 Å². The molecule has 1 unspecified atom stereocenters. The van der Waals surface area contributed by atoms with Crippen molar-refractivity contribution < 1.29 is 9.90 Å². The standard InChI is InChI=1S/C21H26ClN3O2/c1-16(6-7-17-8-10-18(26)11-9-17)23-21(27)25-14-12-24(13-15-25)20-5-3-2-4-19(20)22/h2-5,8-11,16,26H,6-7,12-15H2,1H3,(H,23,27). The smallest absolute Gasteiger partial charge is 0.317 e. The van der Waals surface area contributed by atoms with Crippen LogP contribution in [0, 0.1) is 0 Å². The lowest BCUT2D eigenvalue weighted by molar-refractivity contribution is 0.190. The Morgan fingerprint density at radius 1 is 1.11 bits per heavy atom. The highest BCUT2D eigenvalue weighted by Gasteiger charge is 2.23. The first kappa shape index (κ1) is 19.4. The number of benzene rings is 2. The number of nitrogens with zero attached hydrogens (tertiary/aromatic N) is 2. The summed E-state index contributed by atoms with van der Waals surface area (Å²) >= 11 is 6.27. The van der Waals surface area contributed by atoms with Crippen LogP contribution >= 0.6 is 11.6 Å². The molecule has 144 valence electrons. The van der Waals surface area contributed by atoms with E-state index >= 15 is 0 Å². The van der Waals surface area contributed by atoms with Gasteiger partial charge in [0.05, 0.1) is 10.7 Å². The number of urea groups is 1. The summed E-state index contributed by atoms with van der Waals surface area (Å²) in [4.78, 5) is 16.6. The van der Waals surface area contributed by atoms with Gasteiger partial charge in [0, 0.05) is 32.2 Å². The molecule has 6 heteroatoms. The molecule has 0 spiro atoms. The fraction of sp³-hybridized carbons (Fsp3) is 0.381. The number of anilines is 1. The maximum Gasteiger partial charge on any atom is 0.317 e. The average Bonchev–Trinajstić information content (AvgIpc) is 2.68. The zero-order chi connectivity index (χ0) is 19.2. The van der Waals surface area contributed by atoms with Crippen molar-refractivity contribution in [1.29, 1.82) is 0 Å². The number of rotatable bonds is 5. The predicted molar refractivity (Wildman–Crippen MR) is 110 cm³/mol. The summed E-state index contributed by atoms with van der Waals surface area (Å²) < 4.78 is 0. The minimum Gasteiger partial charge on any atom is -0.508 e. The highest BCUT2D eigenvalue weighted by atomic mass is 35.5. The molecule has 3 rings (SSSR count). The van der Waals surface area contributed by atoms with Crippen molar-refractivity contribution in [2.24, 2.45) is 0 Å². The molecule has 1 fully saturated rings. The molecule has 0 aliphatic carbocycles. The summed E-state index contributed by atoms with van der Waals surface area (Å²) in [6, 6.07) is 15.1. The quantitative estimate of drug-likeness (QED) is 0.818. The van der Waals surface area contributed by atoms with Crippen LogP contribution in [0.3, 0.4) is 0 Å². The van der Waals surface area contributed by atoms with Crippen LogP contribution in [0.1, 0.15) is 18.9 Å². The number of piperazine rings is 1. The lowest BCUT2D eigenvalue weighted by Gasteiger charge is -2.36. The van der Waals surface area contributed by atoms with Crippen molar-refractivity contribution in [2.75, 3.05) is 31.1 Å². The minimum atomic E-state index is -0.00739. The van der Waals surface area contributed by atoms with Gasteiger partial charge in [-0.05, 0) is 49.6 Å². The number of nitrogens with one attached hydrogen (secondary N) is 1. The van der Waals surface area contributed by atoms with E-state index in [0.29, 0.717) is 13.1 Å². The van der Waals surface area contributed by atoms with E-state index in [-0.39, 0.29) is 17.8 Å². The van der Waals surface area contributed by atoms with Gasteiger partial charge in [-0.3, -0.25) is 0 Å². The van der Waals surface area contributed by atoms with Gasteiger partial charge in [-0.2, -0.15) is 0 Å². The molecule has 1 atom stereocenters. The van der Waals surface area contributed by atoms with Crippen LogP contribution in [-0.4, -0.2) is 48.3 Å². The summed E-state index contributed by atoms with van der Waals surface area (Å²) in [5.74, 6) is 0.274. The average molecular weight is 388 g/mol. The van der Waals surface area contributed by atoms with Crippen molar-refractivity contribution >= 4 is 23.3 Å². The van der Waals surface area contributed by atoms with Gasteiger partial charge >= 0.3 is 6.03 Å². The molecular formula is C21H26ClN3O2. The minimum absolute atomic E-state index is 0.00739. The van der Waals surface area contributed by atoms with Crippen molar-refractivity contribution in [3.8, 4) is 5.75 Å². The summed E-state index contributed by atoms with van der Waals surface area (Å²) in [7, 11) is 0. The normalized spacial score (nSPS) is 15.5. The third-order valence-corrected chi connectivity index (χ3v) is 5.25. The lowest BCUT2D eigenvalue weighted by atomic mass is 10.1. The SMILES string of the molecule is CC(CCc1ccc(O)cc1)NC(=O)N1CCN(c2ccccc2Cl)CC1. The van der Waals surface area contributed by atoms with Crippen LogP contribution in [0.4, 0.5) is 10.5 Å². The van der Waals surface area contributed by atoms with Crippen LogP contribution in [0.25, 0.3) is 0 Å². The molecule has 0 bridgehead atoms. The van der Waals surface area contributed by atoms with E-state index < -0.39 is 0 Å². The Hall–Kier alpha value is -2.40. The molecule has 1 aliphatic rings. The third-order valence-electron chi connectivity index (χ3n) is 4.93. The number of aromatic hydroxyl groups is 1. The van der Waals surface area contributed by atoms with Crippen LogP contribution in [0.2, 0.25) is 5.02 Å². The van der Waals surface area contributed by atoms with Crippen LogP contribution in [-0.2, 0) is 6.42 Å². The van der Waals surface area contributed by atoms with Crippen LogP contribution in [0.5, 0.6) is 5.75 Å². The molecule has 0 radical (unpaired) electrons. The summed E-state index contributed by atoms with van der Waals surface area (Å²) in [6.07, 6.45) is 1.72. The number of phenolic OH excluding ortho intramolecular Hbond substituents is 1. The zero-order valence-corrected chi connectivity index (χ0v) is 16.3.